The quantitative estimate of drug-likeness (QED) is 0.558. The van der Waals surface area contributed by atoms with Gasteiger partial charge in [-0.2, -0.15) is 22.5 Å². The molecule has 0 bridgehead atoms. The average Bonchev–Trinajstić information content (AvgIpc) is 2.87. The van der Waals surface area contributed by atoms with Crippen molar-refractivity contribution >= 4 is 23.2 Å². The van der Waals surface area contributed by atoms with Gasteiger partial charge in [-0.15, -0.1) is 6.42 Å². The number of halogens is 5. The molecule has 2 rings (SSSR count). The molecule has 2 N–H and O–H groups in total. The number of hydrogen-bond acceptors (Lipinski definition) is 5. The highest BCUT2D eigenvalue weighted by Crippen LogP contribution is 2.25. The van der Waals surface area contributed by atoms with Crippen LogP contribution in [0.3, 0.4) is 0 Å². The second-order valence-corrected chi connectivity index (χ2v) is 5.99. The third-order valence-corrected chi connectivity index (χ3v) is 3.91. The Morgan fingerprint density at radius 1 is 1.27 bits per heavy atom. The Bertz CT molecular complexity index is 875. The fourth-order valence-electron chi connectivity index (χ4n) is 2.03. The molecule has 0 aliphatic rings. The van der Waals surface area contributed by atoms with Gasteiger partial charge in [-0.05, 0) is 28.1 Å². The van der Waals surface area contributed by atoms with E-state index >= 15 is 0 Å². The molecule has 0 saturated heterocycles. The van der Waals surface area contributed by atoms with E-state index in [1.54, 1.807) is 6.07 Å². The van der Waals surface area contributed by atoms with Crippen molar-refractivity contribution < 1.29 is 18.3 Å². The van der Waals surface area contributed by atoms with Gasteiger partial charge in [-0.3, -0.25) is 5.32 Å². The van der Waals surface area contributed by atoms with Crippen molar-refractivity contribution in [2.75, 3.05) is 0 Å². The Morgan fingerprint density at radius 3 is 2.50 bits per heavy atom. The van der Waals surface area contributed by atoms with Crippen molar-refractivity contribution in [1.82, 2.24) is 25.1 Å². The van der Waals surface area contributed by atoms with Gasteiger partial charge in [0.25, 0.3) is 0 Å². The Morgan fingerprint density at radius 2 is 1.92 bits per heavy atom. The van der Waals surface area contributed by atoms with Gasteiger partial charge in [-0.1, -0.05) is 35.2 Å². The number of aliphatic hydroxyl groups excluding tert-OH is 1. The van der Waals surface area contributed by atoms with Gasteiger partial charge in [0.15, 0.2) is 0 Å². The van der Waals surface area contributed by atoms with Gasteiger partial charge < -0.3 is 5.11 Å². The highest BCUT2D eigenvalue weighted by Gasteiger charge is 2.30. The average molecular weight is 410 g/mol. The van der Waals surface area contributed by atoms with Crippen LogP contribution >= 0.6 is 23.2 Å². The maximum Gasteiger partial charge on any atom is 0.408 e. The van der Waals surface area contributed by atoms with Crippen LogP contribution in [0.4, 0.5) is 13.2 Å². The molecule has 0 aliphatic heterocycles. The number of tetrazole rings is 1. The van der Waals surface area contributed by atoms with E-state index in [0.29, 0.717) is 15.3 Å². The summed E-state index contributed by atoms with van der Waals surface area (Å²) in [7, 11) is 0. The van der Waals surface area contributed by atoms with E-state index in [1.807, 2.05) is 0 Å². The Labute approximate surface area is 155 Å². The second kappa shape index (κ2) is 8.09. The van der Waals surface area contributed by atoms with E-state index in [1.165, 1.54) is 12.1 Å². The van der Waals surface area contributed by atoms with Gasteiger partial charge in [-0.25, -0.2) is 4.79 Å². The summed E-state index contributed by atoms with van der Waals surface area (Å²) in [5, 5.41) is 19.6. The minimum Gasteiger partial charge on any atom is -0.377 e. The Hall–Kier alpha value is -2.06. The highest BCUT2D eigenvalue weighted by molar-refractivity contribution is 6.42. The number of alkyl halides is 3. The molecule has 1 unspecified atom stereocenters. The number of hydrogen-bond donors (Lipinski definition) is 2. The van der Waals surface area contributed by atoms with Gasteiger partial charge in [0.05, 0.1) is 22.6 Å². The first-order chi connectivity index (χ1) is 12.1. The molecule has 26 heavy (non-hydrogen) atoms. The molecular weight excluding hydrogens is 398 g/mol. The minimum atomic E-state index is -4.62. The summed E-state index contributed by atoms with van der Waals surface area (Å²) in [4.78, 5) is 11.8. The zero-order valence-corrected chi connectivity index (χ0v) is 14.4. The molecule has 0 spiro atoms. The van der Waals surface area contributed by atoms with Crippen molar-refractivity contribution in [3.8, 4) is 12.3 Å². The predicted octanol–water partition coefficient (Wildman–Crippen LogP) is 1.59. The van der Waals surface area contributed by atoms with Crippen LogP contribution in [0.5, 0.6) is 0 Å². The van der Waals surface area contributed by atoms with Gasteiger partial charge in [0.2, 0.25) is 0 Å². The lowest BCUT2D eigenvalue weighted by Gasteiger charge is -2.18. The third kappa shape index (κ3) is 5.22. The summed E-state index contributed by atoms with van der Waals surface area (Å²) >= 11 is 11.7. The Balaban J connectivity index is 2.08. The highest BCUT2D eigenvalue weighted by atomic mass is 35.5. The fraction of sp³-hybridized carbons (Fsp3) is 0.357. The topological polar surface area (TPSA) is 85.0 Å². The van der Waals surface area contributed by atoms with Crippen LogP contribution in [-0.4, -0.2) is 37.3 Å². The van der Waals surface area contributed by atoms with Crippen LogP contribution in [0.25, 0.3) is 0 Å². The molecule has 0 radical (unpaired) electrons. The lowest BCUT2D eigenvalue weighted by Crippen LogP contribution is -2.39. The molecule has 1 heterocycles. The maximum absolute atomic E-state index is 12.3. The molecule has 7 nitrogen and oxygen atoms in total. The van der Waals surface area contributed by atoms with Crippen LogP contribution in [0.15, 0.2) is 23.0 Å². The van der Waals surface area contributed by atoms with Gasteiger partial charge in [0, 0.05) is 0 Å². The van der Waals surface area contributed by atoms with Crippen LogP contribution in [0.2, 0.25) is 10.0 Å². The zero-order chi connectivity index (χ0) is 19.5. The summed E-state index contributed by atoms with van der Waals surface area (Å²) in [5.74, 6) is 2.38. The lowest BCUT2D eigenvalue weighted by molar-refractivity contribution is -0.143. The largest absolute Gasteiger partial charge is 0.408 e. The van der Waals surface area contributed by atoms with Crippen LogP contribution in [-0.2, 0) is 13.1 Å². The smallest absolute Gasteiger partial charge is 0.377 e. The fourth-order valence-corrected chi connectivity index (χ4v) is 2.34. The summed E-state index contributed by atoms with van der Waals surface area (Å²) in [6.45, 7) is -2.04. The van der Waals surface area contributed by atoms with Crippen molar-refractivity contribution in [2.45, 2.75) is 31.5 Å². The number of rotatable bonds is 6. The van der Waals surface area contributed by atoms with Crippen molar-refractivity contribution in [3.05, 3.63) is 44.3 Å². The summed E-state index contributed by atoms with van der Waals surface area (Å²) in [6.07, 6.45) is -0.598. The third-order valence-electron chi connectivity index (χ3n) is 3.18. The molecule has 1 aromatic carbocycles. The molecule has 0 fully saturated rings. The first kappa shape index (κ1) is 20.3. The van der Waals surface area contributed by atoms with Crippen LogP contribution in [0.1, 0.15) is 11.6 Å². The second-order valence-electron chi connectivity index (χ2n) is 5.17. The van der Waals surface area contributed by atoms with Gasteiger partial charge in [0.1, 0.15) is 12.8 Å². The lowest BCUT2D eigenvalue weighted by atomic mass is 10.1. The summed E-state index contributed by atoms with van der Waals surface area (Å²) < 4.78 is 37.7. The molecule has 0 saturated carbocycles. The van der Waals surface area contributed by atoms with E-state index < -0.39 is 37.2 Å². The number of aliphatic hydroxyl groups is 1. The first-order valence-corrected chi connectivity index (χ1v) is 7.79. The van der Waals surface area contributed by atoms with E-state index in [4.69, 9.17) is 29.6 Å². The van der Waals surface area contributed by atoms with E-state index in [-0.39, 0.29) is 9.70 Å². The number of aromatic nitrogens is 4. The monoisotopic (exact) mass is 409 g/mol. The predicted molar refractivity (Wildman–Crippen MR) is 87.5 cm³/mol. The van der Waals surface area contributed by atoms with Crippen molar-refractivity contribution in [3.63, 3.8) is 0 Å². The molecule has 0 amide bonds. The molecule has 0 aliphatic carbocycles. The van der Waals surface area contributed by atoms with E-state index in [0.717, 1.165) is 0 Å². The number of terminal acetylenes is 1. The molecule has 140 valence electrons. The minimum absolute atomic E-state index is 0.143. The first-order valence-electron chi connectivity index (χ1n) is 7.03. The Kier molecular flexibility index (Phi) is 6.30. The molecule has 2 atom stereocenters. The van der Waals surface area contributed by atoms with E-state index in [2.05, 4.69) is 21.7 Å². The van der Waals surface area contributed by atoms with Crippen LogP contribution in [0, 0.1) is 12.3 Å². The molecular formula is C14H12Cl2F3N5O2. The van der Waals surface area contributed by atoms with Gasteiger partial charge >= 0.3 is 11.9 Å². The maximum atomic E-state index is 12.3. The molecule has 1 aromatic heterocycles. The van der Waals surface area contributed by atoms with Crippen molar-refractivity contribution in [1.29, 1.82) is 0 Å². The van der Waals surface area contributed by atoms with Crippen LogP contribution < -0.4 is 11.0 Å². The number of benzene rings is 1. The number of nitrogens with one attached hydrogen (secondary N) is 1. The standard InChI is InChI=1S/C14H12Cl2F3N5O2/c1-2-11(8-3-4-9(15)10(16)5-8)20-12(25)6-23-13(26)24(22-21-23)7-14(17,18)19/h1,3-5,11-12,20,25H,6-7H2/t11-,12?/m0/s1. The SMILES string of the molecule is C#C[C@H](NC(O)Cn1nnn(CC(F)(F)F)c1=O)c1ccc(Cl)c(Cl)c1. The number of nitrogens with zero attached hydrogens (tertiary/aromatic N) is 4. The summed E-state index contributed by atoms with van der Waals surface area (Å²) in [5.41, 5.74) is -0.594. The van der Waals surface area contributed by atoms with E-state index in [9.17, 15) is 23.1 Å². The van der Waals surface area contributed by atoms with Crippen molar-refractivity contribution in [2.24, 2.45) is 0 Å². The molecule has 12 heteroatoms. The molecule has 2 aromatic rings. The zero-order valence-electron chi connectivity index (χ0n) is 12.9. The summed E-state index contributed by atoms with van der Waals surface area (Å²) in [6, 6.07) is 3.82. The normalized spacial score (nSPS) is 14.0.